The van der Waals surface area contributed by atoms with E-state index in [1.54, 1.807) is 31.1 Å². The Balaban J connectivity index is 1.44. The van der Waals surface area contributed by atoms with Crippen LogP contribution >= 0.6 is 0 Å². The molecule has 2 aromatic carbocycles. The summed E-state index contributed by atoms with van der Waals surface area (Å²) in [5.41, 5.74) is -0.107. The van der Waals surface area contributed by atoms with E-state index in [0.717, 1.165) is 6.07 Å². The number of nitrogens with one attached hydrogen (secondary N) is 5. The lowest BCUT2D eigenvalue weighted by Gasteiger charge is -2.17. The van der Waals surface area contributed by atoms with Crippen LogP contribution in [0.25, 0.3) is 0 Å². The first kappa shape index (κ1) is 30.8. The van der Waals surface area contributed by atoms with Crippen molar-refractivity contribution >= 4 is 39.2 Å². The molecule has 0 aliphatic carbocycles. The third-order valence-corrected chi connectivity index (χ3v) is 7.44. The van der Waals surface area contributed by atoms with E-state index in [1.165, 1.54) is 30.5 Å². The molecule has 0 saturated carbocycles. The fourth-order valence-electron chi connectivity index (χ4n) is 3.85. The number of carbonyl (C=O) groups excluding carboxylic acids is 1. The highest BCUT2D eigenvalue weighted by molar-refractivity contribution is 7.89. The van der Waals surface area contributed by atoms with E-state index < -0.39 is 27.8 Å². The van der Waals surface area contributed by atoms with Gasteiger partial charge < -0.3 is 30.9 Å². The third-order valence-electron chi connectivity index (χ3n) is 5.98. The highest BCUT2D eigenvalue weighted by atomic mass is 32.2. The van der Waals surface area contributed by atoms with Crippen molar-refractivity contribution in [2.75, 3.05) is 56.3 Å². The first-order valence-electron chi connectivity index (χ1n) is 12.9. The Bertz CT molecular complexity index is 1520. The topological polar surface area (TPSA) is 150 Å². The number of rotatable bonds is 7. The van der Waals surface area contributed by atoms with Crippen LogP contribution in [-0.4, -0.2) is 69.7 Å². The number of halogens is 3. The molecule has 226 valence electrons. The van der Waals surface area contributed by atoms with Crippen LogP contribution in [0.1, 0.15) is 17.5 Å². The number of alkyl halides is 3. The summed E-state index contributed by atoms with van der Waals surface area (Å²) in [7, 11) is -0.135. The first-order valence-corrected chi connectivity index (χ1v) is 14.4. The van der Waals surface area contributed by atoms with Gasteiger partial charge in [-0.1, -0.05) is 6.07 Å². The Morgan fingerprint density at radius 1 is 1.14 bits per heavy atom. The van der Waals surface area contributed by atoms with Crippen molar-refractivity contribution < 1.29 is 31.1 Å². The number of aromatic nitrogens is 2. The van der Waals surface area contributed by atoms with E-state index in [-0.39, 0.29) is 42.0 Å². The number of sulfonamides is 1. The third kappa shape index (κ3) is 8.43. The number of hydrogen-bond donors (Lipinski definition) is 5. The molecule has 0 unspecified atom stereocenters. The fraction of sp³-hybridized carbons (Fsp3) is 0.346. The SMILES string of the molecule is CN(C)CCOc1ccc(NC(=O)NCc2cnc3nc2NCCCNS(=O)(=O)c2cccc(c2)N3)cc1C(F)(F)F. The van der Waals surface area contributed by atoms with E-state index in [4.69, 9.17) is 4.74 Å². The fourth-order valence-corrected chi connectivity index (χ4v) is 4.97. The number of ether oxygens (including phenoxy) is 1. The number of likely N-dealkylation sites (N-methyl/N-ethyl adjacent to an activating group) is 1. The predicted molar refractivity (Wildman–Crippen MR) is 151 cm³/mol. The van der Waals surface area contributed by atoms with Crippen molar-refractivity contribution in [1.82, 2.24) is 24.9 Å². The molecule has 12 nitrogen and oxygen atoms in total. The van der Waals surface area contributed by atoms with Crippen LogP contribution < -0.4 is 30.7 Å². The molecule has 0 radical (unpaired) electrons. The lowest BCUT2D eigenvalue weighted by Crippen LogP contribution is -2.29. The maximum atomic E-state index is 13.6. The van der Waals surface area contributed by atoms with Crippen LogP contribution in [0.3, 0.4) is 0 Å². The lowest BCUT2D eigenvalue weighted by molar-refractivity contribution is -0.138. The zero-order valence-electron chi connectivity index (χ0n) is 22.9. The Morgan fingerprint density at radius 3 is 2.71 bits per heavy atom. The summed E-state index contributed by atoms with van der Waals surface area (Å²) in [5, 5.41) is 11.1. The molecule has 5 N–H and O–H groups in total. The molecule has 1 aliphatic heterocycles. The molecule has 0 atom stereocenters. The molecule has 0 spiro atoms. The number of hydrogen-bond acceptors (Lipinski definition) is 9. The molecule has 0 fully saturated rings. The van der Waals surface area contributed by atoms with Gasteiger partial charge in [-0.25, -0.2) is 22.9 Å². The molecular weight excluding hydrogens is 577 g/mol. The minimum absolute atomic E-state index is 0.0472. The van der Waals surface area contributed by atoms with Crippen molar-refractivity contribution in [2.45, 2.75) is 24.0 Å². The van der Waals surface area contributed by atoms with Gasteiger partial charge in [-0.2, -0.15) is 18.2 Å². The first-order chi connectivity index (χ1) is 19.9. The molecule has 2 amide bonds. The van der Waals surface area contributed by atoms with Gasteiger partial charge in [0.1, 0.15) is 18.2 Å². The average molecular weight is 609 g/mol. The average Bonchev–Trinajstić information content (AvgIpc) is 2.92. The Morgan fingerprint density at radius 2 is 1.95 bits per heavy atom. The molecule has 1 aromatic heterocycles. The van der Waals surface area contributed by atoms with Crippen LogP contribution in [0.15, 0.2) is 53.6 Å². The van der Waals surface area contributed by atoms with Gasteiger partial charge in [-0.05, 0) is 56.9 Å². The van der Waals surface area contributed by atoms with Gasteiger partial charge >= 0.3 is 12.2 Å². The number of anilines is 4. The van der Waals surface area contributed by atoms with Crippen LogP contribution in [0.2, 0.25) is 0 Å². The highest BCUT2D eigenvalue weighted by Crippen LogP contribution is 2.38. The van der Waals surface area contributed by atoms with Crippen LogP contribution in [0.5, 0.6) is 5.75 Å². The number of fused-ring (bicyclic) bond motifs is 4. The quantitative estimate of drug-likeness (QED) is 0.271. The summed E-state index contributed by atoms with van der Waals surface area (Å²) >= 11 is 0. The summed E-state index contributed by atoms with van der Waals surface area (Å²) in [4.78, 5) is 23.2. The summed E-state index contributed by atoms with van der Waals surface area (Å²) < 4.78 is 73.9. The van der Waals surface area contributed by atoms with Crippen LogP contribution in [-0.2, 0) is 22.7 Å². The van der Waals surface area contributed by atoms with E-state index in [9.17, 15) is 26.4 Å². The van der Waals surface area contributed by atoms with Gasteiger partial charge in [0.2, 0.25) is 16.0 Å². The maximum absolute atomic E-state index is 13.6. The monoisotopic (exact) mass is 608 g/mol. The van der Waals surface area contributed by atoms with Crippen molar-refractivity contribution in [1.29, 1.82) is 0 Å². The number of urea groups is 1. The normalized spacial score (nSPS) is 14.8. The van der Waals surface area contributed by atoms with Gasteiger partial charge in [0.05, 0.1) is 10.5 Å². The number of benzene rings is 2. The van der Waals surface area contributed by atoms with E-state index >= 15 is 0 Å². The molecule has 1 aliphatic rings. The molecule has 0 saturated heterocycles. The van der Waals surface area contributed by atoms with Gasteiger partial charge in [0.25, 0.3) is 0 Å². The van der Waals surface area contributed by atoms with Crippen LogP contribution in [0.4, 0.5) is 41.1 Å². The second kappa shape index (κ2) is 13.2. The smallest absolute Gasteiger partial charge is 0.420 e. The van der Waals surface area contributed by atoms with Crippen molar-refractivity contribution in [3.8, 4) is 5.75 Å². The second-order valence-corrected chi connectivity index (χ2v) is 11.3. The van der Waals surface area contributed by atoms with E-state index in [2.05, 4.69) is 36.0 Å². The second-order valence-electron chi connectivity index (χ2n) is 9.57. The van der Waals surface area contributed by atoms with Gasteiger partial charge in [0.15, 0.2) is 0 Å². The standard InChI is InChI=1S/C26H31F3N8O4S/c1-37(2)11-12-41-22-8-7-19(14-21(22)26(27,28)29)35-25(38)32-16-17-15-31-24-34-18-5-3-6-20(13-18)42(39,40)33-10-4-9-30-23(17)36-24/h3,5-8,13-15,33H,4,9-12,16H2,1-2H3,(H2,32,35,38)(H2,30,31,34,36). The highest BCUT2D eigenvalue weighted by Gasteiger charge is 2.35. The Hall–Kier alpha value is -4.15. The minimum atomic E-state index is -4.68. The summed E-state index contributed by atoms with van der Waals surface area (Å²) in [6.45, 7) is 0.995. The summed E-state index contributed by atoms with van der Waals surface area (Å²) in [6.07, 6.45) is -2.76. The molecule has 3 aromatic rings. The molecule has 4 bridgehead atoms. The number of amides is 2. The lowest BCUT2D eigenvalue weighted by atomic mass is 10.1. The zero-order chi connectivity index (χ0) is 30.3. The van der Waals surface area contributed by atoms with E-state index in [1.807, 2.05) is 0 Å². The zero-order valence-corrected chi connectivity index (χ0v) is 23.7. The molecule has 42 heavy (non-hydrogen) atoms. The van der Waals surface area contributed by atoms with Gasteiger partial charge in [-0.3, -0.25) is 0 Å². The van der Waals surface area contributed by atoms with Gasteiger partial charge in [0, 0.05) is 49.3 Å². The Labute approximate surface area is 241 Å². The van der Waals surface area contributed by atoms with Crippen molar-refractivity contribution in [2.24, 2.45) is 0 Å². The summed E-state index contributed by atoms with van der Waals surface area (Å²) in [5.74, 6) is 0.261. The Kier molecular flexibility index (Phi) is 9.70. The summed E-state index contributed by atoms with van der Waals surface area (Å²) in [6, 6.07) is 8.78. The maximum Gasteiger partial charge on any atom is 0.420 e. The largest absolute Gasteiger partial charge is 0.492 e. The molecular formula is C26H31F3N8O4S. The van der Waals surface area contributed by atoms with Gasteiger partial charge in [-0.15, -0.1) is 0 Å². The molecule has 16 heteroatoms. The van der Waals surface area contributed by atoms with Crippen molar-refractivity contribution in [3.63, 3.8) is 0 Å². The van der Waals surface area contributed by atoms with E-state index in [0.29, 0.717) is 36.6 Å². The number of carbonyl (C=O) groups is 1. The van der Waals surface area contributed by atoms with Crippen molar-refractivity contribution in [3.05, 3.63) is 59.8 Å². The predicted octanol–water partition coefficient (Wildman–Crippen LogP) is 3.60. The molecule has 2 heterocycles. The minimum Gasteiger partial charge on any atom is -0.492 e. The van der Waals surface area contributed by atoms with Crippen LogP contribution in [0, 0.1) is 0 Å². The molecule has 4 rings (SSSR count). The number of nitrogens with zero attached hydrogens (tertiary/aromatic N) is 3.